The molecule has 0 N–H and O–H groups in total. The maximum absolute atomic E-state index is 12.9. The van der Waals surface area contributed by atoms with Crippen LogP contribution in [0.5, 0.6) is 0 Å². The lowest BCUT2D eigenvalue weighted by molar-refractivity contribution is -0.145. The summed E-state index contributed by atoms with van der Waals surface area (Å²) < 4.78 is 49.5. The van der Waals surface area contributed by atoms with Crippen LogP contribution in [0, 0.1) is 11.3 Å². The Balaban J connectivity index is 1.77. The van der Waals surface area contributed by atoms with E-state index in [4.69, 9.17) is 9.15 Å². The first kappa shape index (κ1) is 19.7. The highest BCUT2D eigenvalue weighted by atomic mass is 19.4. The molecule has 0 amide bonds. The molecule has 0 saturated heterocycles. The lowest BCUT2D eigenvalue weighted by atomic mass is 9.98. The molecule has 3 rings (SSSR count). The molecular weight excluding hydrogens is 371 g/mol. The number of furan rings is 1. The monoisotopic (exact) mass is 389 g/mol. The van der Waals surface area contributed by atoms with E-state index in [-0.39, 0.29) is 28.8 Å². The van der Waals surface area contributed by atoms with Crippen LogP contribution in [-0.2, 0) is 15.7 Å². The molecule has 1 aliphatic carbocycles. The van der Waals surface area contributed by atoms with E-state index in [0.29, 0.717) is 0 Å². The summed E-state index contributed by atoms with van der Waals surface area (Å²) >= 11 is 0. The van der Waals surface area contributed by atoms with E-state index in [0.717, 1.165) is 44.2 Å². The second-order valence-corrected chi connectivity index (χ2v) is 6.62. The highest BCUT2D eigenvalue weighted by Gasteiger charge is 2.30. The maximum atomic E-state index is 12.9. The van der Waals surface area contributed by atoms with E-state index in [2.05, 4.69) is 0 Å². The van der Waals surface area contributed by atoms with Crippen LogP contribution in [-0.4, -0.2) is 12.1 Å². The molecule has 0 spiro atoms. The fraction of sp³-hybridized carbons (Fsp3) is 0.333. The second kappa shape index (κ2) is 8.34. The Bertz CT molecular complexity index is 915. The van der Waals surface area contributed by atoms with Crippen LogP contribution in [0.15, 0.2) is 46.4 Å². The van der Waals surface area contributed by atoms with Crippen LogP contribution in [0.3, 0.4) is 0 Å². The Labute approximate surface area is 160 Å². The number of benzene rings is 1. The molecule has 1 aromatic carbocycles. The summed E-state index contributed by atoms with van der Waals surface area (Å²) in [5, 5.41) is 9.25. The van der Waals surface area contributed by atoms with E-state index in [1.165, 1.54) is 30.3 Å². The summed E-state index contributed by atoms with van der Waals surface area (Å²) in [7, 11) is 0. The third-order valence-corrected chi connectivity index (χ3v) is 4.55. The van der Waals surface area contributed by atoms with E-state index in [9.17, 15) is 23.2 Å². The van der Waals surface area contributed by atoms with Crippen molar-refractivity contribution in [1.82, 2.24) is 0 Å². The minimum Gasteiger partial charge on any atom is -0.458 e. The van der Waals surface area contributed by atoms with Gasteiger partial charge in [0, 0.05) is 11.6 Å². The third-order valence-electron chi connectivity index (χ3n) is 4.55. The Kier molecular flexibility index (Phi) is 5.88. The third kappa shape index (κ3) is 4.83. The molecule has 0 radical (unpaired) electrons. The molecule has 1 saturated carbocycles. The number of rotatable bonds is 4. The van der Waals surface area contributed by atoms with Gasteiger partial charge in [-0.1, -0.05) is 18.6 Å². The SMILES string of the molecule is N#CC(=Cc1ccc(-c2cccc(C(F)(F)F)c2)o1)C(=O)OC1CCCCC1. The van der Waals surface area contributed by atoms with Crippen molar-refractivity contribution >= 4 is 12.0 Å². The first-order valence-electron chi connectivity index (χ1n) is 8.97. The minimum absolute atomic E-state index is 0.185. The van der Waals surface area contributed by atoms with Crippen molar-refractivity contribution in [2.45, 2.75) is 44.4 Å². The molecule has 1 aromatic heterocycles. The standard InChI is InChI=1S/C21H18F3NO3/c22-21(23,24)16-6-4-5-14(11-16)19-10-9-18(27-19)12-15(13-25)20(26)28-17-7-2-1-3-8-17/h4-6,9-12,17H,1-3,7-8H2. The van der Waals surface area contributed by atoms with Crippen LogP contribution in [0.25, 0.3) is 17.4 Å². The average molecular weight is 389 g/mol. The summed E-state index contributed by atoms with van der Waals surface area (Å²) in [6.07, 6.45) is 1.25. The Morgan fingerprint density at radius 3 is 2.61 bits per heavy atom. The fourth-order valence-electron chi connectivity index (χ4n) is 3.11. The van der Waals surface area contributed by atoms with Gasteiger partial charge in [0.1, 0.15) is 29.3 Å². The van der Waals surface area contributed by atoms with Crippen LogP contribution in [0.1, 0.15) is 43.4 Å². The molecule has 2 aromatic rings. The molecular formula is C21H18F3NO3. The highest BCUT2D eigenvalue weighted by molar-refractivity contribution is 5.97. The molecule has 28 heavy (non-hydrogen) atoms. The molecule has 4 nitrogen and oxygen atoms in total. The molecule has 0 aliphatic heterocycles. The molecule has 1 aliphatic rings. The van der Waals surface area contributed by atoms with Gasteiger partial charge in [-0.05, 0) is 49.9 Å². The Morgan fingerprint density at radius 2 is 1.93 bits per heavy atom. The number of esters is 1. The minimum atomic E-state index is -4.46. The summed E-state index contributed by atoms with van der Waals surface area (Å²) in [4.78, 5) is 12.2. The first-order chi connectivity index (χ1) is 13.4. The van der Waals surface area contributed by atoms with Crippen molar-refractivity contribution in [2.75, 3.05) is 0 Å². The zero-order valence-electron chi connectivity index (χ0n) is 15.0. The topological polar surface area (TPSA) is 63.2 Å². The summed E-state index contributed by atoms with van der Waals surface area (Å²) in [6, 6.07) is 9.51. The van der Waals surface area contributed by atoms with Crippen LogP contribution >= 0.6 is 0 Å². The number of alkyl halides is 3. The van der Waals surface area contributed by atoms with Gasteiger partial charge in [0.2, 0.25) is 0 Å². The van der Waals surface area contributed by atoms with Gasteiger partial charge in [-0.3, -0.25) is 0 Å². The molecule has 1 fully saturated rings. The second-order valence-electron chi connectivity index (χ2n) is 6.62. The van der Waals surface area contributed by atoms with Crippen LogP contribution < -0.4 is 0 Å². The Morgan fingerprint density at radius 1 is 1.18 bits per heavy atom. The zero-order valence-corrected chi connectivity index (χ0v) is 15.0. The van der Waals surface area contributed by atoms with Gasteiger partial charge in [-0.25, -0.2) is 4.79 Å². The van der Waals surface area contributed by atoms with E-state index in [1.807, 2.05) is 0 Å². The molecule has 0 bridgehead atoms. The van der Waals surface area contributed by atoms with Gasteiger partial charge < -0.3 is 9.15 Å². The van der Waals surface area contributed by atoms with Gasteiger partial charge in [0.05, 0.1) is 5.56 Å². The largest absolute Gasteiger partial charge is 0.458 e. The van der Waals surface area contributed by atoms with Gasteiger partial charge >= 0.3 is 12.1 Å². The predicted octanol–water partition coefficient (Wildman–Crippen LogP) is 5.75. The summed E-state index contributed by atoms with van der Waals surface area (Å²) in [5.41, 5.74) is -0.749. The molecule has 146 valence electrons. The first-order valence-corrected chi connectivity index (χ1v) is 8.97. The number of halogens is 3. The quantitative estimate of drug-likeness (QED) is 0.380. The maximum Gasteiger partial charge on any atom is 0.416 e. The Hall–Kier alpha value is -3.01. The van der Waals surface area contributed by atoms with E-state index in [1.54, 1.807) is 6.07 Å². The van der Waals surface area contributed by atoms with Gasteiger partial charge in [-0.15, -0.1) is 0 Å². The van der Waals surface area contributed by atoms with Crippen molar-refractivity contribution in [3.05, 3.63) is 53.3 Å². The van der Waals surface area contributed by atoms with Crippen LogP contribution in [0.4, 0.5) is 13.2 Å². The van der Waals surface area contributed by atoms with Crippen LogP contribution in [0.2, 0.25) is 0 Å². The van der Waals surface area contributed by atoms with E-state index < -0.39 is 17.7 Å². The summed E-state index contributed by atoms with van der Waals surface area (Å²) in [5.74, 6) is -0.328. The van der Waals surface area contributed by atoms with Gasteiger partial charge in [0.15, 0.2) is 0 Å². The number of hydrogen-bond donors (Lipinski definition) is 0. The van der Waals surface area contributed by atoms with Crippen molar-refractivity contribution < 1.29 is 27.1 Å². The number of nitriles is 1. The van der Waals surface area contributed by atoms with E-state index >= 15 is 0 Å². The molecule has 0 atom stereocenters. The lowest BCUT2D eigenvalue weighted by Crippen LogP contribution is -2.21. The average Bonchev–Trinajstić information content (AvgIpc) is 3.15. The lowest BCUT2D eigenvalue weighted by Gasteiger charge is -2.21. The molecule has 0 unspecified atom stereocenters. The highest BCUT2D eigenvalue weighted by Crippen LogP contribution is 2.33. The summed E-state index contributed by atoms with van der Waals surface area (Å²) in [6.45, 7) is 0. The normalized spacial score (nSPS) is 15.9. The smallest absolute Gasteiger partial charge is 0.416 e. The number of carbonyl (C=O) groups is 1. The van der Waals surface area contributed by atoms with Crippen molar-refractivity contribution in [3.63, 3.8) is 0 Å². The molecule has 7 heteroatoms. The zero-order chi connectivity index (χ0) is 20.1. The van der Waals surface area contributed by atoms with Gasteiger partial charge in [-0.2, -0.15) is 18.4 Å². The van der Waals surface area contributed by atoms with Crippen molar-refractivity contribution in [3.8, 4) is 17.4 Å². The van der Waals surface area contributed by atoms with Crippen molar-refractivity contribution in [2.24, 2.45) is 0 Å². The number of hydrogen-bond acceptors (Lipinski definition) is 4. The van der Waals surface area contributed by atoms with Gasteiger partial charge in [0.25, 0.3) is 0 Å². The number of nitrogens with zero attached hydrogens (tertiary/aromatic N) is 1. The number of ether oxygens (including phenoxy) is 1. The fourth-order valence-corrected chi connectivity index (χ4v) is 3.11. The number of carbonyl (C=O) groups excluding carboxylic acids is 1. The van der Waals surface area contributed by atoms with Crippen molar-refractivity contribution in [1.29, 1.82) is 5.26 Å². The molecule has 1 heterocycles. The predicted molar refractivity (Wildman–Crippen MR) is 95.7 cm³/mol.